The predicted molar refractivity (Wildman–Crippen MR) is 146 cm³/mol. The molecular weight excluding hydrogens is 566 g/mol. The molecule has 1 heterocycles. The summed E-state index contributed by atoms with van der Waals surface area (Å²) in [5.74, 6) is -1.97. The Kier molecular flexibility index (Phi) is 6.38. The molecule has 1 aromatic heterocycles. The predicted octanol–water partition coefficient (Wildman–Crippen LogP) is 7.10. The van der Waals surface area contributed by atoms with Crippen molar-refractivity contribution in [2.24, 2.45) is 5.92 Å². The van der Waals surface area contributed by atoms with Crippen LogP contribution in [-0.4, -0.2) is 25.9 Å². The SMILES string of the molecule is Cc1ccc2c(N)nn(C(=O)c3cc(NC(=O)[C@@H]4[C@@H](c5cc(Cl)cc(Cl)c5)C4(Cl)Cl)ccc3Cl)c2c1. The van der Waals surface area contributed by atoms with Gasteiger partial charge in [-0.15, -0.1) is 28.3 Å². The van der Waals surface area contributed by atoms with Crippen LogP contribution in [0.25, 0.3) is 10.9 Å². The number of hydrogen-bond donors (Lipinski definition) is 2. The highest BCUT2D eigenvalue weighted by atomic mass is 35.5. The molecule has 0 saturated heterocycles. The summed E-state index contributed by atoms with van der Waals surface area (Å²) in [6.07, 6.45) is 0. The first kappa shape index (κ1) is 25.2. The van der Waals surface area contributed by atoms with E-state index in [9.17, 15) is 9.59 Å². The average Bonchev–Trinajstić information content (AvgIpc) is 3.24. The van der Waals surface area contributed by atoms with Crippen molar-refractivity contribution in [2.45, 2.75) is 17.2 Å². The van der Waals surface area contributed by atoms with Gasteiger partial charge in [-0.1, -0.05) is 40.9 Å². The quantitative estimate of drug-likeness (QED) is 0.251. The Morgan fingerprint density at radius 1 is 1.00 bits per heavy atom. The van der Waals surface area contributed by atoms with Gasteiger partial charge in [-0.2, -0.15) is 4.68 Å². The lowest BCUT2D eigenvalue weighted by atomic mass is 10.1. The maximum atomic E-state index is 13.4. The molecule has 11 heteroatoms. The fourth-order valence-corrected chi connectivity index (χ4v) is 5.90. The second-order valence-electron chi connectivity index (χ2n) is 8.64. The van der Waals surface area contributed by atoms with E-state index in [1.807, 2.05) is 19.1 Å². The van der Waals surface area contributed by atoms with Crippen molar-refractivity contribution in [1.82, 2.24) is 9.78 Å². The van der Waals surface area contributed by atoms with E-state index in [4.69, 9.17) is 63.7 Å². The Morgan fingerprint density at radius 2 is 1.69 bits per heavy atom. The third kappa shape index (κ3) is 4.42. The number of hydrogen-bond acceptors (Lipinski definition) is 4. The van der Waals surface area contributed by atoms with Crippen LogP contribution in [0.2, 0.25) is 15.1 Å². The minimum Gasteiger partial charge on any atom is -0.382 e. The molecule has 2 atom stereocenters. The zero-order valence-corrected chi connectivity index (χ0v) is 22.3. The van der Waals surface area contributed by atoms with Crippen LogP contribution in [0.4, 0.5) is 11.5 Å². The summed E-state index contributed by atoms with van der Waals surface area (Å²) >= 11 is 31.4. The van der Waals surface area contributed by atoms with Gasteiger partial charge in [0, 0.05) is 27.0 Å². The number of nitrogens with two attached hydrogens (primary N) is 1. The fraction of sp³-hybridized carbons (Fsp3) is 0.160. The molecule has 36 heavy (non-hydrogen) atoms. The first-order valence-corrected chi connectivity index (χ1v) is 12.6. The van der Waals surface area contributed by atoms with Gasteiger partial charge >= 0.3 is 0 Å². The summed E-state index contributed by atoms with van der Waals surface area (Å²) < 4.78 is -0.140. The average molecular weight is 583 g/mol. The number of aryl methyl sites for hydroxylation is 1. The molecule has 1 aliphatic carbocycles. The molecule has 1 amide bonds. The molecule has 0 aliphatic heterocycles. The maximum absolute atomic E-state index is 13.4. The number of halogens is 5. The lowest BCUT2D eigenvalue weighted by Gasteiger charge is -2.10. The van der Waals surface area contributed by atoms with E-state index in [0.717, 1.165) is 5.56 Å². The molecule has 184 valence electrons. The Labute approximate surface area is 231 Å². The van der Waals surface area contributed by atoms with E-state index in [1.165, 1.54) is 16.8 Å². The Hall–Kier alpha value is -2.48. The van der Waals surface area contributed by atoms with Crippen molar-refractivity contribution in [3.63, 3.8) is 0 Å². The van der Waals surface area contributed by atoms with Crippen LogP contribution in [0, 0.1) is 12.8 Å². The molecule has 3 N–H and O–H groups in total. The van der Waals surface area contributed by atoms with E-state index in [2.05, 4.69) is 10.4 Å². The second-order valence-corrected chi connectivity index (χ2v) is 11.4. The highest BCUT2D eigenvalue weighted by Crippen LogP contribution is 2.65. The Balaban J connectivity index is 1.42. The van der Waals surface area contributed by atoms with Gasteiger partial charge in [-0.05, 0) is 66.6 Å². The number of aromatic nitrogens is 2. The molecule has 4 aromatic rings. The standard InChI is InChI=1S/C25H17Cl5N4O2/c1-11-2-4-16-19(6-11)34(33-22(16)31)24(36)17-10-15(3-5-18(17)28)32-23(35)21-20(25(21,29)30)12-7-13(26)9-14(27)8-12/h2-10,20-21H,1H3,(H2,31,33)(H,32,35)/t20-,21+/m1/s1. The van der Waals surface area contributed by atoms with Gasteiger partial charge in [0.25, 0.3) is 5.91 Å². The monoisotopic (exact) mass is 580 g/mol. The van der Waals surface area contributed by atoms with E-state index in [-0.39, 0.29) is 16.4 Å². The molecule has 1 saturated carbocycles. The summed E-state index contributed by atoms with van der Waals surface area (Å²) in [5, 5.41) is 8.63. The van der Waals surface area contributed by atoms with Crippen LogP contribution in [-0.2, 0) is 4.79 Å². The molecule has 0 spiro atoms. The van der Waals surface area contributed by atoms with Crippen LogP contribution < -0.4 is 11.1 Å². The lowest BCUT2D eigenvalue weighted by molar-refractivity contribution is -0.117. The number of amides is 1. The molecule has 1 aliphatic rings. The fourth-order valence-electron chi connectivity index (χ4n) is 4.33. The van der Waals surface area contributed by atoms with Gasteiger partial charge in [-0.25, -0.2) is 0 Å². The number of carbonyl (C=O) groups excluding carboxylic acids is 2. The molecule has 0 bridgehead atoms. The van der Waals surface area contributed by atoms with Crippen LogP contribution in [0.1, 0.15) is 27.4 Å². The third-order valence-corrected chi connectivity index (χ3v) is 7.81. The molecule has 1 fully saturated rings. The molecule has 6 nitrogen and oxygen atoms in total. The van der Waals surface area contributed by atoms with Crippen LogP contribution >= 0.6 is 58.0 Å². The second kappa shape index (κ2) is 9.12. The molecule has 0 radical (unpaired) electrons. The third-order valence-electron chi connectivity index (χ3n) is 6.10. The van der Waals surface area contributed by atoms with E-state index < -0.39 is 28.0 Å². The highest BCUT2D eigenvalue weighted by Gasteiger charge is 2.67. The summed E-state index contributed by atoms with van der Waals surface area (Å²) in [6, 6.07) is 15.0. The number of nitrogens with one attached hydrogen (secondary N) is 1. The van der Waals surface area contributed by atoms with E-state index >= 15 is 0 Å². The van der Waals surface area contributed by atoms with Gasteiger partial charge in [0.05, 0.1) is 22.0 Å². The van der Waals surface area contributed by atoms with Crippen molar-refractivity contribution >= 4 is 92.2 Å². The summed E-state index contributed by atoms with van der Waals surface area (Å²) in [7, 11) is 0. The largest absolute Gasteiger partial charge is 0.382 e. The molecular formula is C25H17Cl5N4O2. The zero-order chi connectivity index (χ0) is 25.9. The van der Waals surface area contributed by atoms with Gasteiger partial charge < -0.3 is 11.1 Å². The highest BCUT2D eigenvalue weighted by molar-refractivity contribution is 6.53. The van der Waals surface area contributed by atoms with Gasteiger partial charge in [0.15, 0.2) is 5.82 Å². The summed E-state index contributed by atoms with van der Waals surface area (Å²) in [5.41, 5.74) is 8.63. The van der Waals surface area contributed by atoms with Gasteiger partial charge in [0.1, 0.15) is 4.33 Å². The minimum absolute atomic E-state index is 0.136. The minimum atomic E-state index is -1.34. The summed E-state index contributed by atoms with van der Waals surface area (Å²) in [6.45, 7) is 1.90. The Morgan fingerprint density at radius 3 is 2.39 bits per heavy atom. The number of rotatable bonds is 4. The molecule has 3 aromatic carbocycles. The first-order chi connectivity index (χ1) is 17.0. The zero-order valence-electron chi connectivity index (χ0n) is 18.5. The maximum Gasteiger partial charge on any atom is 0.280 e. The van der Waals surface area contributed by atoms with E-state index in [0.29, 0.717) is 32.2 Å². The number of carbonyl (C=O) groups is 2. The molecule has 5 rings (SSSR count). The van der Waals surface area contributed by atoms with Crippen molar-refractivity contribution in [2.75, 3.05) is 11.1 Å². The summed E-state index contributed by atoms with van der Waals surface area (Å²) in [4.78, 5) is 26.5. The van der Waals surface area contributed by atoms with Crippen molar-refractivity contribution in [1.29, 1.82) is 0 Å². The van der Waals surface area contributed by atoms with Crippen LogP contribution in [0.5, 0.6) is 0 Å². The number of nitrogen functional groups attached to an aromatic ring is 1. The van der Waals surface area contributed by atoms with Crippen molar-refractivity contribution in [3.05, 3.63) is 86.4 Å². The number of anilines is 2. The lowest BCUT2D eigenvalue weighted by Crippen LogP contribution is -2.18. The topological polar surface area (TPSA) is 90.0 Å². The van der Waals surface area contributed by atoms with Gasteiger partial charge in [-0.3, -0.25) is 9.59 Å². The molecule has 0 unspecified atom stereocenters. The van der Waals surface area contributed by atoms with Crippen LogP contribution in [0.15, 0.2) is 54.6 Å². The van der Waals surface area contributed by atoms with Gasteiger partial charge in [0.2, 0.25) is 5.91 Å². The van der Waals surface area contributed by atoms with Crippen LogP contribution in [0.3, 0.4) is 0 Å². The number of alkyl halides is 2. The normalized spacial score (nSPS) is 18.3. The number of nitrogens with zero attached hydrogens (tertiary/aromatic N) is 2. The smallest absolute Gasteiger partial charge is 0.280 e. The Bertz CT molecular complexity index is 1550. The van der Waals surface area contributed by atoms with Crippen molar-refractivity contribution < 1.29 is 9.59 Å². The van der Waals surface area contributed by atoms with E-state index in [1.54, 1.807) is 30.3 Å². The number of benzene rings is 3. The van der Waals surface area contributed by atoms with Crippen molar-refractivity contribution in [3.8, 4) is 0 Å². The first-order valence-electron chi connectivity index (χ1n) is 10.7. The number of fused-ring (bicyclic) bond motifs is 1.